The van der Waals surface area contributed by atoms with Gasteiger partial charge in [0.05, 0.1) is 17.2 Å². The summed E-state index contributed by atoms with van der Waals surface area (Å²) in [4.78, 5) is 32.5. The molecule has 2 saturated heterocycles. The van der Waals surface area contributed by atoms with Crippen LogP contribution in [0.5, 0.6) is 5.88 Å². The molecule has 0 bridgehead atoms. The highest BCUT2D eigenvalue weighted by Gasteiger charge is 2.42. The van der Waals surface area contributed by atoms with E-state index in [0.29, 0.717) is 44.6 Å². The van der Waals surface area contributed by atoms with Gasteiger partial charge in [-0.1, -0.05) is 12.1 Å². The fourth-order valence-corrected chi connectivity index (χ4v) is 5.24. The van der Waals surface area contributed by atoms with Crippen molar-refractivity contribution in [2.75, 3.05) is 26.2 Å². The second kappa shape index (κ2) is 10.8. The molecule has 0 saturated carbocycles. The Kier molecular flexibility index (Phi) is 7.71. The van der Waals surface area contributed by atoms with Gasteiger partial charge < -0.3 is 14.5 Å². The van der Waals surface area contributed by atoms with Gasteiger partial charge >= 0.3 is 6.18 Å². The van der Waals surface area contributed by atoms with E-state index in [0.717, 1.165) is 17.8 Å². The Morgan fingerprint density at radius 3 is 2.30 bits per heavy atom. The van der Waals surface area contributed by atoms with Gasteiger partial charge in [0.2, 0.25) is 17.7 Å². The Bertz CT molecular complexity index is 1150. The van der Waals surface area contributed by atoms with Gasteiger partial charge in [0, 0.05) is 63.1 Å². The molecule has 37 heavy (non-hydrogen) atoms. The molecule has 3 atom stereocenters. The van der Waals surface area contributed by atoms with E-state index in [-0.39, 0.29) is 35.4 Å². The van der Waals surface area contributed by atoms with E-state index in [9.17, 15) is 22.8 Å². The van der Waals surface area contributed by atoms with E-state index in [2.05, 4.69) is 11.1 Å². The summed E-state index contributed by atoms with van der Waals surface area (Å²) in [6.45, 7) is 5.37. The number of likely N-dealkylation sites (tertiary alicyclic amines) is 2. The number of hydrogen-bond donors (Lipinski definition) is 0. The molecule has 4 rings (SSSR count). The number of ether oxygens (including phenoxy) is 1. The first-order valence-corrected chi connectivity index (χ1v) is 12.3. The number of carbonyl (C=O) groups excluding carboxylic acids is 2. The number of amides is 2. The lowest BCUT2D eigenvalue weighted by Crippen LogP contribution is -2.43. The van der Waals surface area contributed by atoms with E-state index < -0.39 is 17.8 Å². The molecule has 3 heterocycles. The van der Waals surface area contributed by atoms with Gasteiger partial charge in [0.1, 0.15) is 6.10 Å². The van der Waals surface area contributed by atoms with E-state index in [4.69, 9.17) is 10.00 Å². The fourth-order valence-electron chi connectivity index (χ4n) is 5.24. The number of nitriles is 1. The number of aromatic nitrogens is 1. The molecule has 2 amide bonds. The van der Waals surface area contributed by atoms with Gasteiger partial charge in [-0.15, -0.1) is 0 Å². The normalized spacial score (nSPS) is 21.4. The highest BCUT2D eigenvalue weighted by molar-refractivity contribution is 5.80. The largest absolute Gasteiger partial charge is 0.474 e. The molecule has 2 aliphatic heterocycles. The van der Waals surface area contributed by atoms with Gasteiger partial charge in [-0.2, -0.15) is 18.4 Å². The Morgan fingerprint density at radius 1 is 1.08 bits per heavy atom. The summed E-state index contributed by atoms with van der Waals surface area (Å²) in [5.74, 6) is -0.249. The van der Waals surface area contributed by atoms with Crippen LogP contribution in [0.2, 0.25) is 0 Å². The van der Waals surface area contributed by atoms with Crippen LogP contribution in [0.3, 0.4) is 0 Å². The molecule has 196 valence electrons. The Morgan fingerprint density at radius 2 is 1.76 bits per heavy atom. The topological polar surface area (TPSA) is 86.5 Å². The van der Waals surface area contributed by atoms with Crippen LogP contribution in [-0.4, -0.2) is 58.9 Å². The summed E-state index contributed by atoms with van der Waals surface area (Å²) < 4.78 is 44.7. The number of alkyl halides is 3. The number of hydrogen-bond acceptors (Lipinski definition) is 5. The summed E-state index contributed by atoms with van der Waals surface area (Å²) in [6.07, 6.45) is -2.95. The predicted molar refractivity (Wildman–Crippen MR) is 128 cm³/mol. The number of nitrogens with zero attached hydrogens (tertiary/aromatic N) is 4. The highest BCUT2D eigenvalue weighted by Crippen LogP contribution is 2.38. The molecule has 1 aromatic carbocycles. The number of halogens is 3. The molecule has 2 aliphatic rings. The quantitative estimate of drug-likeness (QED) is 0.596. The molecule has 0 spiro atoms. The molecule has 0 unspecified atom stereocenters. The van der Waals surface area contributed by atoms with Crippen LogP contribution in [0.15, 0.2) is 42.6 Å². The van der Waals surface area contributed by atoms with Crippen LogP contribution in [0, 0.1) is 23.2 Å². The monoisotopic (exact) mass is 514 g/mol. The van der Waals surface area contributed by atoms with E-state index in [1.54, 1.807) is 17.0 Å². The maximum atomic E-state index is 13.4. The van der Waals surface area contributed by atoms with Crippen LogP contribution in [0.1, 0.15) is 49.3 Å². The van der Waals surface area contributed by atoms with Crippen molar-refractivity contribution in [2.24, 2.45) is 11.8 Å². The third-order valence-electron chi connectivity index (χ3n) is 7.41. The zero-order chi connectivity index (χ0) is 26.7. The van der Waals surface area contributed by atoms with Crippen molar-refractivity contribution in [1.82, 2.24) is 14.8 Å². The summed E-state index contributed by atoms with van der Waals surface area (Å²) in [7, 11) is 0. The van der Waals surface area contributed by atoms with Crippen molar-refractivity contribution in [3.63, 3.8) is 0 Å². The van der Waals surface area contributed by atoms with E-state index >= 15 is 0 Å². The Balaban J connectivity index is 1.51. The van der Waals surface area contributed by atoms with Crippen LogP contribution >= 0.6 is 0 Å². The lowest BCUT2D eigenvalue weighted by molar-refractivity contribution is -0.139. The van der Waals surface area contributed by atoms with Gasteiger partial charge in [0.15, 0.2) is 0 Å². The maximum Gasteiger partial charge on any atom is 0.417 e. The molecule has 0 aliphatic carbocycles. The zero-order valence-electron chi connectivity index (χ0n) is 20.7. The van der Waals surface area contributed by atoms with Crippen LogP contribution in [-0.2, 0) is 15.8 Å². The molecular weight excluding hydrogens is 485 g/mol. The minimum atomic E-state index is -4.48. The molecule has 0 N–H and O–H groups in total. The van der Waals surface area contributed by atoms with Gasteiger partial charge in [0.25, 0.3) is 0 Å². The highest BCUT2D eigenvalue weighted by atomic mass is 19.4. The van der Waals surface area contributed by atoms with Crippen molar-refractivity contribution in [2.45, 2.75) is 44.9 Å². The van der Waals surface area contributed by atoms with E-state index in [1.165, 1.54) is 13.0 Å². The molecule has 2 aromatic rings. The molecule has 1 aromatic heterocycles. The van der Waals surface area contributed by atoms with Crippen molar-refractivity contribution in [3.05, 3.63) is 59.3 Å². The molecule has 7 nitrogen and oxygen atoms in total. The summed E-state index contributed by atoms with van der Waals surface area (Å²) in [6, 6.07) is 11.5. The van der Waals surface area contributed by atoms with Crippen molar-refractivity contribution in [1.29, 1.82) is 5.26 Å². The summed E-state index contributed by atoms with van der Waals surface area (Å²) in [5, 5.41) is 9.16. The first kappa shape index (κ1) is 26.5. The fraction of sp³-hybridized carbons (Fsp3) is 0.481. The minimum Gasteiger partial charge on any atom is -0.474 e. The van der Waals surface area contributed by atoms with Gasteiger partial charge in [-0.25, -0.2) is 4.98 Å². The number of benzene rings is 1. The van der Waals surface area contributed by atoms with E-state index in [1.807, 2.05) is 24.0 Å². The van der Waals surface area contributed by atoms with Crippen molar-refractivity contribution >= 4 is 11.8 Å². The number of carbonyl (C=O) groups is 2. The molecule has 10 heteroatoms. The number of rotatable bonds is 5. The average Bonchev–Trinajstić information content (AvgIpc) is 3.34. The average molecular weight is 515 g/mol. The maximum absolute atomic E-state index is 13.4. The molecule has 0 radical (unpaired) electrons. The SMILES string of the molecule is CC(=O)N1CCC(C(=O)N2C[C@H]([C@H](C)Oc3ccc(C(F)(F)F)cn3)[C@@H](c3ccc(C#N)cc3)C2)CC1. The Labute approximate surface area is 213 Å². The zero-order valence-corrected chi connectivity index (χ0v) is 20.7. The van der Waals surface area contributed by atoms with Crippen molar-refractivity contribution < 1.29 is 27.5 Å². The van der Waals surface area contributed by atoms with Crippen molar-refractivity contribution in [3.8, 4) is 11.9 Å². The molecular formula is C27H29F3N4O3. The lowest BCUT2D eigenvalue weighted by atomic mass is 9.85. The van der Waals surface area contributed by atoms with Crippen LogP contribution < -0.4 is 4.74 Å². The van der Waals surface area contributed by atoms with Crippen LogP contribution in [0.4, 0.5) is 13.2 Å². The predicted octanol–water partition coefficient (Wildman–Crippen LogP) is 4.24. The first-order chi connectivity index (χ1) is 17.6. The van der Waals surface area contributed by atoms with Gasteiger partial charge in [-0.3, -0.25) is 9.59 Å². The minimum absolute atomic E-state index is 0.0101. The third kappa shape index (κ3) is 6.04. The second-order valence-electron chi connectivity index (χ2n) is 9.73. The standard InChI is InChI=1S/C27H29F3N4O3/c1-17(37-25-8-7-22(14-32-25)27(28,29)30)23-15-34(16-24(23)20-5-3-19(13-31)4-6-20)26(36)21-9-11-33(12-10-21)18(2)35/h3-8,14,17,21,23-24H,9-12,15-16H2,1-2H3/t17-,23+,24+/m0/s1. The summed E-state index contributed by atoms with van der Waals surface area (Å²) >= 11 is 0. The van der Waals surface area contributed by atoms with Crippen LogP contribution in [0.25, 0.3) is 0 Å². The number of piperidine rings is 1. The lowest BCUT2D eigenvalue weighted by Gasteiger charge is -2.32. The number of pyridine rings is 1. The van der Waals surface area contributed by atoms with Gasteiger partial charge in [-0.05, 0) is 43.5 Å². The third-order valence-corrected chi connectivity index (χ3v) is 7.41. The first-order valence-electron chi connectivity index (χ1n) is 12.3. The Hall–Kier alpha value is -3.61. The smallest absolute Gasteiger partial charge is 0.417 e. The molecule has 2 fully saturated rings. The second-order valence-corrected chi connectivity index (χ2v) is 9.73. The summed E-state index contributed by atoms with van der Waals surface area (Å²) in [5.41, 5.74) is 0.639.